The average Bonchev–Trinajstić information content (AvgIpc) is 2.40. The highest BCUT2D eigenvalue weighted by atomic mass is 32.2. The molecule has 1 aliphatic heterocycles. The van der Waals surface area contributed by atoms with Crippen LogP contribution in [0.5, 0.6) is 0 Å². The van der Waals surface area contributed by atoms with Crippen molar-refractivity contribution in [3.05, 3.63) is 35.4 Å². The molecule has 0 aliphatic carbocycles. The zero-order valence-corrected chi connectivity index (χ0v) is 11.9. The number of carboxylic acid groups (broad SMARTS) is 1. The molecule has 0 saturated carbocycles. The predicted octanol–water partition coefficient (Wildman–Crippen LogP) is 2.91. The Labute approximate surface area is 118 Å². The highest BCUT2D eigenvalue weighted by molar-refractivity contribution is 7.97. The Morgan fingerprint density at radius 1 is 1.42 bits per heavy atom. The van der Waals surface area contributed by atoms with E-state index in [0.29, 0.717) is 5.92 Å². The molecule has 2 rings (SSSR count). The van der Waals surface area contributed by atoms with Crippen molar-refractivity contribution in [2.45, 2.75) is 24.5 Å². The molecule has 2 N–H and O–H groups in total. The van der Waals surface area contributed by atoms with E-state index in [0.717, 1.165) is 31.7 Å². The molecule has 1 aliphatic rings. The summed E-state index contributed by atoms with van der Waals surface area (Å²) in [6.07, 6.45) is 3.16. The van der Waals surface area contributed by atoms with E-state index in [4.69, 9.17) is 5.11 Å². The van der Waals surface area contributed by atoms with E-state index in [-0.39, 0.29) is 0 Å². The summed E-state index contributed by atoms with van der Waals surface area (Å²) < 4.78 is 0. The fraction of sp³-hybridized carbons (Fsp3) is 0.500. The number of rotatable bonds is 4. The maximum atomic E-state index is 10.6. The van der Waals surface area contributed by atoms with Gasteiger partial charge in [-0.3, -0.25) is 5.43 Å². The number of piperidine rings is 1. The Kier molecular flexibility index (Phi) is 5.10. The summed E-state index contributed by atoms with van der Waals surface area (Å²) >= 11 is 1.84. The van der Waals surface area contributed by atoms with Gasteiger partial charge >= 0.3 is 6.09 Å². The molecule has 1 aromatic carbocycles. The van der Waals surface area contributed by atoms with Gasteiger partial charge < -0.3 is 5.11 Å². The van der Waals surface area contributed by atoms with Crippen LogP contribution < -0.4 is 5.43 Å². The number of nitrogens with one attached hydrogen (secondary N) is 1. The van der Waals surface area contributed by atoms with Crippen LogP contribution in [0.1, 0.15) is 29.9 Å². The summed E-state index contributed by atoms with van der Waals surface area (Å²) in [6, 6.07) is 8.61. The third-order valence-electron chi connectivity index (χ3n) is 3.54. The average molecular weight is 280 g/mol. The van der Waals surface area contributed by atoms with Crippen molar-refractivity contribution in [1.82, 2.24) is 10.4 Å². The van der Waals surface area contributed by atoms with Crippen LogP contribution in [-0.2, 0) is 5.75 Å². The summed E-state index contributed by atoms with van der Waals surface area (Å²) in [6.45, 7) is 1.56. The van der Waals surface area contributed by atoms with Crippen LogP contribution in [0.4, 0.5) is 4.79 Å². The molecule has 1 saturated heterocycles. The van der Waals surface area contributed by atoms with E-state index < -0.39 is 6.09 Å². The van der Waals surface area contributed by atoms with Crippen molar-refractivity contribution in [3.8, 4) is 0 Å². The van der Waals surface area contributed by atoms with Crippen LogP contribution in [0.3, 0.4) is 0 Å². The van der Waals surface area contributed by atoms with Crippen molar-refractivity contribution >= 4 is 17.9 Å². The molecule has 0 radical (unpaired) electrons. The van der Waals surface area contributed by atoms with Gasteiger partial charge in [0.25, 0.3) is 0 Å². The maximum absolute atomic E-state index is 10.6. The highest BCUT2D eigenvalue weighted by Crippen LogP contribution is 2.31. The van der Waals surface area contributed by atoms with Crippen LogP contribution in [0.25, 0.3) is 0 Å². The first-order valence-corrected chi connectivity index (χ1v) is 7.91. The fourth-order valence-corrected chi connectivity index (χ4v) is 3.23. The number of nitrogens with zero attached hydrogens (tertiary/aromatic N) is 1. The van der Waals surface area contributed by atoms with E-state index in [1.165, 1.54) is 11.1 Å². The molecule has 1 heterocycles. The minimum absolute atomic E-state index is 0.551. The molecule has 0 bridgehead atoms. The van der Waals surface area contributed by atoms with Gasteiger partial charge in [-0.25, -0.2) is 9.80 Å². The molecule has 0 unspecified atom stereocenters. The van der Waals surface area contributed by atoms with E-state index in [2.05, 4.69) is 35.9 Å². The van der Waals surface area contributed by atoms with E-state index >= 15 is 0 Å². The Morgan fingerprint density at radius 2 is 2.11 bits per heavy atom. The minimum atomic E-state index is -0.971. The third kappa shape index (κ3) is 3.88. The van der Waals surface area contributed by atoms with E-state index in [1.54, 1.807) is 5.01 Å². The van der Waals surface area contributed by atoms with Crippen molar-refractivity contribution in [2.24, 2.45) is 0 Å². The lowest BCUT2D eigenvalue weighted by atomic mass is 9.87. The molecule has 1 fully saturated rings. The van der Waals surface area contributed by atoms with Gasteiger partial charge in [0.1, 0.15) is 0 Å². The van der Waals surface area contributed by atoms with E-state index in [9.17, 15) is 4.79 Å². The van der Waals surface area contributed by atoms with Gasteiger partial charge in [0, 0.05) is 18.8 Å². The number of benzene rings is 1. The number of thioether (sulfide) groups is 1. The molecule has 0 atom stereocenters. The summed E-state index contributed by atoms with van der Waals surface area (Å²) in [4.78, 5) is 10.6. The second-order valence-corrected chi connectivity index (χ2v) is 5.68. The Balaban J connectivity index is 1.99. The lowest BCUT2D eigenvalue weighted by Gasteiger charge is -2.32. The lowest BCUT2D eigenvalue weighted by molar-refractivity contribution is 0.118. The predicted molar refractivity (Wildman–Crippen MR) is 78.4 cm³/mol. The monoisotopic (exact) mass is 280 g/mol. The number of hydrazine groups is 1. The number of hydrogen-bond acceptors (Lipinski definition) is 3. The smallest absolute Gasteiger partial charge is 0.419 e. The van der Waals surface area contributed by atoms with Crippen LogP contribution in [0.2, 0.25) is 0 Å². The van der Waals surface area contributed by atoms with Gasteiger partial charge in [-0.05, 0) is 36.1 Å². The van der Waals surface area contributed by atoms with Gasteiger partial charge in [0.05, 0.1) is 0 Å². The molecule has 0 aromatic heterocycles. The van der Waals surface area contributed by atoms with Crippen molar-refractivity contribution in [1.29, 1.82) is 0 Å². The number of carbonyl (C=O) groups is 1. The SMILES string of the molecule is CSCc1ccccc1C1CCN(NC(=O)O)CC1. The molecule has 19 heavy (non-hydrogen) atoms. The maximum Gasteiger partial charge on any atom is 0.419 e. The molecular formula is C14H20N2O2S. The Bertz CT molecular complexity index is 431. The van der Waals surface area contributed by atoms with Crippen LogP contribution in [-0.4, -0.2) is 35.6 Å². The van der Waals surface area contributed by atoms with Gasteiger partial charge in [0.15, 0.2) is 0 Å². The van der Waals surface area contributed by atoms with Gasteiger partial charge in [0.2, 0.25) is 0 Å². The molecule has 1 amide bonds. The van der Waals surface area contributed by atoms with Gasteiger partial charge in [-0.2, -0.15) is 11.8 Å². The molecule has 104 valence electrons. The Hall–Kier alpha value is -1.20. The largest absolute Gasteiger partial charge is 0.464 e. The molecule has 0 spiro atoms. The zero-order valence-electron chi connectivity index (χ0n) is 11.1. The van der Waals surface area contributed by atoms with Crippen molar-refractivity contribution in [3.63, 3.8) is 0 Å². The van der Waals surface area contributed by atoms with Crippen LogP contribution in [0.15, 0.2) is 24.3 Å². The molecule has 1 aromatic rings. The second kappa shape index (κ2) is 6.82. The van der Waals surface area contributed by atoms with E-state index in [1.807, 2.05) is 11.8 Å². The zero-order chi connectivity index (χ0) is 13.7. The Morgan fingerprint density at radius 3 is 2.74 bits per heavy atom. The summed E-state index contributed by atoms with van der Waals surface area (Å²) in [5, 5.41) is 10.5. The summed E-state index contributed by atoms with van der Waals surface area (Å²) in [7, 11) is 0. The quantitative estimate of drug-likeness (QED) is 0.890. The van der Waals surface area contributed by atoms with Crippen molar-refractivity contribution < 1.29 is 9.90 Å². The molecule has 4 nitrogen and oxygen atoms in total. The fourth-order valence-electron chi connectivity index (χ4n) is 2.66. The molecular weight excluding hydrogens is 260 g/mol. The first-order valence-electron chi connectivity index (χ1n) is 6.52. The topological polar surface area (TPSA) is 52.6 Å². The van der Waals surface area contributed by atoms with Gasteiger partial charge in [-0.15, -0.1) is 0 Å². The molecule has 5 heteroatoms. The first kappa shape index (κ1) is 14.2. The van der Waals surface area contributed by atoms with Gasteiger partial charge in [-0.1, -0.05) is 24.3 Å². The second-order valence-electron chi connectivity index (χ2n) is 4.81. The summed E-state index contributed by atoms with van der Waals surface area (Å²) in [5.41, 5.74) is 5.29. The van der Waals surface area contributed by atoms with Crippen molar-refractivity contribution in [2.75, 3.05) is 19.3 Å². The normalized spacial score (nSPS) is 17.3. The van der Waals surface area contributed by atoms with Crippen LogP contribution >= 0.6 is 11.8 Å². The minimum Gasteiger partial charge on any atom is -0.464 e. The standard InChI is InChI=1S/C14H20N2O2S/c1-19-10-12-4-2-3-5-13(12)11-6-8-16(9-7-11)15-14(17)18/h2-5,11,15H,6-10H2,1H3,(H,17,18). The highest BCUT2D eigenvalue weighted by Gasteiger charge is 2.22. The lowest BCUT2D eigenvalue weighted by Crippen LogP contribution is -2.45. The first-order chi connectivity index (χ1) is 9.20. The number of hydrogen-bond donors (Lipinski definition) is 2. The third-order valence-corrected chi connectivity index (χ3v) is 4.14. The summed E-state index contributed by atoms with van der Waals surface area (Å²) in [5.74, 6) is 1.60. The van der Waals surface area contributed by atoms with Crippen LogP contribution in [0, 0.1) is 0 Å². The number of amides is 1.